The van der Waals surface area contributed by atoms with E-state index in [-0.39, 0.29) is 19.6 Å². The Labute approximate surface area is 149 Å². The van der Waals surface area contributed by atoms with Crippen LogP contribution < -0.4 is 0 Å². The van der Waals surface area contributed by atoms with Crippen LogP contribution in [0.4, 0.5) is 0 Å². The Morgan fingerprint density at radius 2 is 1.92 bits per heavy atom. The summed E-state index contributed by atoms with van der Waals surface area (Å²) in [7, 11) is 0. The van der Waals surface area contributed by atoms with Crippen LogP contribution >= 0.6 is 0 Å². The fraction of sp³-hybridized carbons (Fsp3) is 0.429. The molecule has 3 unspecified atom stereocenters. The van der Waals surface area contributed by atoms with Crippen LogP contribution in [0.25, 0.3) is 11.1 Å². The SMILES string of the molecule is C.O=C(OC1CCC2CCCN1C2)c1cncc(-c2ccccc2)c1. The quantitative estimate of drug-likeness (QED) is 0.779. The molecule has 4 rings (SSSR count). The largest absolute Gasteiger partial charge is 0.443 e. The van der Waals surface area contributed by atoms with Crippen molar-refractivity contribution in [3.63, 3.8) is 0 Å². The summed E-state index contributed by atoms with van der Waals surface area (Å²) < 4.78 is 5.80. The summed E-state index contributed by atoms with van der Waals surface area (Å²) in [6.45, 7) is 2.11. The number of aromatic nitrogens is 1. The zero-order valence-electron chi connectivity index (χ0n) is 13.7. The Balaban J connectivity index is 0.00000182. The van der Waals surface area contributed by atoms with Gasteiger partial charge >= 0.3 is 5.97 Å². The van der Waals surface area contributed by atoms with E-state index in [2.05, 4.69) is 9.88 Å². The summed E-state index contributed by atoms with van der Waals surface area (Å²) >= 11 is 0. The molecule has 25 heavy (non-hydrogen) atoms. The minimum Gasteiger partial charge on any atom is -0.443 e. The first-order chi connectivity index (χ1) is 11.8. The Morgan fingerprint density at radius 3 is 2.76 bits per heavy atom. The molecule has 0 N–H and O–H groups in total. The van der Waals surface area contributed by atoms with Crippen molar-refractivity contribution in [3.05, 3.63) is 54.4 Å². The van der Waals surface area contributed by atoms with Crippen LogP contribution in [0.1, 0.15) is 43.5 Å². The number of fused-ring (bicyclic) bond motifs is 2. The van der Waals surface area contributed by atoms with E-state index in [0.717, 1.165) is 43.0 Å². The molecule has 3 atom stereocenters. The molecule has 2 fully saturated rings. The third kappa shape index (κ3) is 3.90. The summed E-state index contributed by atoms with van der Waals surface area (Å²) in [6.07, 6.45) is 7.94. The monoisotopic (exact) mass is 338 g/mol. The van der Waals surface area contributed by atoms with Crippen molar-refractivity contribution >= 4 is 5.97 Å². The van der Waals surface area contributed by atoms with Gasteiger partial charge in [-0.15, -0.1) is 0 Å². The van der Waals surface area contributed by atoms with E-state index in [1.54, 1.807) is 12.4 Å². The third-order valence-electron chi connectivity index (χ3n) is 5.10. The lowest BCUT2D eigenvalue weighted by Crippen LogP contribution is -2.48. The maximum absolute atomic E-state index is 12.6. The van der Waals surface area contributed by atoms with Crippen LogP contribution in [-0.2, 0) is 4.74 Å². The van der Waals surface area contributed by atoms with Crippen molar-refractivity contribution in [2.75, 3.05) is 13.1 Å². The van der Waals surface area contributed by atoms with Gasteiger partial charge in [0, 0.05) is 31.0 Å². The van der Waals surface area contributed by atoms with E-state index in [4.69, 9.17) is 4.74 Å². The Morgan fingerprint density at radius 1 is 1.08 bits per heavy atom. The molecule has 0 spiro atoms. The predicted octanol–water partition coefficient (Wildman–Crippen LogP) is 4.37. The summed E-state index contributed by atoms with van der Waals surface area (Å²) in [5.41, 5.74) is 2.51. The molecule has 0 aliphatic carbocycles. The van der Waals surface area contributed by atoms with Crippen LogP contribution in [0.2, 0.25) is 0 Å². The van der Waals surface area contributed by atoms with Gasteiger partial charge in [0.1, 0.15) is 0 Å². The third-order valence-corrected chi connectivity index (χ3v) is 5.10. The molecule has 2 aliphatic heterocycles. The number of ether oxygens (including phenoxy) is 1. The molecule has 0 amide bonds. The summed E-state index contributed by atoms with van der Waals surface area (Å²) in [6, 6.07) is 11.8. The van der Waals surface area contributed by atoms with Gasteiger partial charge in [-0.25, -0.2) is 4.79 Å². The topological polar surface area (TPSA) is 42.4 Å². The smallest absolute Gasteiger partial charge is 0.341 e. The van der Waals surface area contributed by atoms with Gasteiger partial charge in [0.25, 0.3) is 0 Å². The highest BCUT2D eigenvalue weighted by atomic mass is 16.6. The molecule has 4 nitrogen and oxygen atoms in total. The average molecular weight is 338 g/mol. The molecule has 1 aromatic carbocycles. The molecule has 2 bridgehead atoms. The standard InChI is InChI=1S/C20H22N2O2.CH4/c23-20(24-19-9-8-15-5-4-10-22(19)14-15)18-11-17(12-21-13-18)16-6-2-1-3-7-16;/h1-3,6-7,11-13,15,19H,4-5,8-10,14H2;1H4. The van der Waals surface area contributed by atoms with Gasteiger partial charge < -0.3 is 4.74 Å². The molecular formula is C21H26N2O2. The van der Waals surface area contributed by atoms with Gasteiger partial charge in [-0.2, -0.15) is 0 Å². The molecule has 2 saturated heterocycles. The molecule has 0 saturated carbocycles. The minimum atomic E-state index is -0.269. The van der Waals surface area contributed by atoms with Crippen molar-refractivity contribution in [1.82, 2.24) is 9.88 Å². The van der Waals surface area contributed by atoms with Crippen molar-refractivity contribution < 1.29 is 9.53 Å². The summed E-state index contributed by atoms with van der Waals surface area (Å²) in [5, 5.41) is 0. The number of pyridine rings is 1. The molecule has 3 heterocycles. The highest BCUT2D eigenvalue weighted by Gasteiger charge is 2.33. The van der Waals surface area contributed by atoms with Gasteiger partial charge in [-0.05, 0) is 43.2 Å². The lowest BCUT2D eigenvalue weighted by Gasteiger charge is -2.42. The van der Waals surface area contributed by atoms with E-state index in [0.29, 0.717) is 5.56 Å². The summed E-state index contributed by atoms with van der Waals surface area (Å²) in [4.78, 5) is 19.1. The molecule has 2 aliphatic rings. The van der Waals surface area contributed by atoms with Crippen LogP contribution in [0.5, 0.6) is 0 Å². The van der Waals surface area contributed by atoms with E-state index >= 15 is 0 Å². The second kappa shape index (κ2) is 7.79. The van der Waals surface area contributed by atoms with Crippen molar-refractivity contribution in [3.8, 4) is 11.1 Å². The maximum Gasteiger partial charge on any atom is 0.341 e. The minimum absolute atomic E-state index is 0. The normalized spacial score (nSPS) is 24.9. The van der Waals surface area contributed by atoms with Crippen LogP contribution in [0.3, 0.4) is 0 Å². The second-order valence-electron chi connectivity index (χ2n) is 6.77. The van der Waals surface area contributed by atoms with Gasteiger partial charge in [0.05, 0.1) is 5.56 Å². The van der Waals surface area contributed by atoms with E-state index in [1.165, 1.54) is 12.8 Å². The second-order valence-corrected chi connectivity index (χ2v) is 6.77. The number of hydrogen-bond donors (Lipinski definition) is 0. The fourth-order valence-electron chi connectivity index (χ4n) is 3.82. The Hall–Kier alpha value is -2.20. The highest BCUT2D eigenvalue weighted by Crippen LogP contribution is 2.31. The van der Waals surface area contributed by atoms with Gasteiger partial charge in [0.15, 0.2) is 6.23 Å². The number of benzene rings is 1. The molecular weight excluding hydrogens is 312 g/mol. The zero-order chi connectivity index (χ0) is 16.4. The maximum atomic E-state index is 12.6. The number of esters is 1. The number of nitrogens with zero attached hydrogens (tertiary/aromatic N) is 2. The van der Waals surface area contributed by atoms with Crippen LogP contribution in [0.15, 0.2) is 48.8 Å². The lowest BCUT2D eigenvalue weighted by atomic mass is 9.89. The molecule has 132 valence electrons. The fourth-order valence-corrected chi connectivity index (χ4v) is 3.82. The number of rotatable bonds is 3. The van der Waals surface area contributed by atoms with Crippen LogP contribution in [0, 0.1) is 5.92 Å². The number of carbonyl (C=O) groups is 1. The average Bonchev–Trinajstić information content (AvgIpc) is 2.65. The van der Waals surface area contributed by atoms with Gasteiger partial charge in [-0.3, -0.25) is 9.88 Å². The Kier molecular flexibility index (Phi) is 5.49. The van der Waals surface area contributed by atoms with Crippen molar-refractivity contribution in [1.29, 1.82) is 0 Å². The molecule has 0 radical (unpaired) electrons. The highest BCUT2D eigenvalue weighted by molar-refractivity contribution is 5.90. The first-order valence-corrected chi connectivity index (χ1v) is 8.75. The Bertz CT molecular complexity index is 717. The van der Waals surface area contributed by atoms with Gasteiger partial charge in [-0.1, -0.05) is 37.8 Å². The summed E-state index contributed by atoms with van der Waals surface area (Å²) in [5.74, 6) is 0.520. The first-order valence-electron chi connectivity index (χ1n) is 8.75. The predicted molar refractivity (Wildman–Crippen MR) is 99.1 cm³/mol. The number of hydrogen-bond acceptors (Lipinski definition) is 4. The molecule has 1 aromatic heterocycles. The van der Waals surface area contributed by atoms with Crippen molar-refractivity contribution in [2.24, 2.45) is 5.92 Å². The lowest BCUT2D eigenvalue weighted by molar-refractivity contribution is -0.0758. The van der Waals surface area contributed by atoms with E-state index < -0.39 is 0 Å². The number of carbonyl (C=O) groups excluding carboxylic acids is 1. The number of piperidine rings is 2. The van der Waals surface area contributed by atoms with E-state index in [1.807, 2.05) is 36.4 Å². The zero-order valence-corrected chi connectivity index (χ0v) is 13.7. The molecule has 4 heteroatoms. The van der Waals surface area contributed by atoms with Gasteiger partial charge in [0.2, 0.25) is 0 Å². The first kappa shape index (κ1) is 17.6. The van der Waals surface area contributed by atoms with Crippen LogP contribution in [-0.4, -0.2) is 35.2 Å². The molecule has 2 aromatic rings. The van der Waals surface area contributed by atoms with Crippen molar-refractivity contribution in [2.45, 2.75) is 39.3 Å². The van der Waals surface area contributed by atoms with E-state index in [9.17, 15) is 4.79 Å².